The third kappa shape index (κ3) is 2.60. The second-order valence-corrected chi connectivity index (χ2v) is 5.94. The summed E-state index contributed by atoms with van der Waals surface area (Å²) in [6, 6.07) is 8.57. The number of benzene rings is 1. The van der Waals surface area contributed by atoms with Gasteiger partial charge in [-0.05, 0) is 48.1 Å². The molecule has 0 amide bonds. The predicted molar refractivity (Wildman–Crippen MR) is 73.3 cm³/mol. The molecule has 2 aliphatic rings. The normalized spacial score (nSPS) is 20.9. The molecule has 1 aromatic rings. The Bertz CT molecular complexity index is 407. The van der Waals surface area contributed by atoms with Gasteiger partial charge in [-0.15, -0.1) is 0 Å². The first kappa shape index (κ1) is 12.2. The van der Waals surface area contributed by atoms with Crippen molar-refractivity contribution in [3.63, 3.8) is 0 Å². The molecule has 2 heteroatoms. The van der Waals surface area contributed by atoms with Gasteiger partial charge in [-0.25, -0.2) is 0 Å². The van der Waals surface area contributed by atoms with E-state index < -0.39 is 0 Å². The molecule has 0 aliphatic heterocycles. The highest BCUT2D eigenvalue weighted by Crippen LogP contribution is 2.60. The molecular formula is C16H23NO. The fourth-order valence-corrected chi connectivity index (χ4v) is 3.06. The average molecular weight is 245 g/mol. The standard InChI is InChI=1S/C16H23NO/c1-18-11-14-5-3-2-4-13(14)10-17-12-16(8-9-16)15-6-7-15/h2-5,15,17H,6-12H2,1H3. The van der Waals surface area contributed by atoms with E-state index in [0.717, 1.165) is 12.5 Å². The van der Waals surface area contributed by atoms with Crippen LogP contribution in [0.15, 0.2) is 24.3 Å². The van der Waals surface area contributed by atoms with E-state index in [0.29, 0.717) is 12.0 Å². The maximum Gasteiger partial charge on any atom is 0.0716 e. The molecule has 0 aromatic heterocycles. The van der Waals surface area contributed by atoms with E-state index in [1.165, 1.54) is 43.4 Å². The van der Waals surface area contributed by atoms with Gasteiger partial charge in [0.1, 0.15) is 0 Å². The summed E-state index contributed by atoms with van der Waals surface area (Å²) < 4.78 is 5.25. The highest BCUT2D eigenvalue weighted by Gasteiger charge is 2.53. The summed E-state index contributed by atoms with van der Waals surface area (Å²) >= 11 is 0. The lowest BCUT2D eigenvalue weighted by Gasteiger charge is -2.16. The van der Waals surface area contributed by atoms with Gasteiger partial charge in [0.05, 0.1) is 6.61 Å². The lowest BCUT2D eigenvalue weighted by molar-refractivity contribution is 0.184. The zero-order valence-corrected chi connectivity index (χ0v) is 11.2. The molecule has 0 unspecified atom stereocenters. The summed E-state index contributed by atoms with van der Waals surface area (Å²) in [4.78, 5) is 0. The summed E-state index contributed by atoms with van der Waals surface area (Å²) in [6.07, 6.45) is 5.85. The van der Waals surface area contributed by atoms with Crippen molar-refractivity contribution in [2.45, 2.75) is 38.8 Å². The summed E-state index contributed by atoms with van der Waals surface area (Å²) in [7, 11) is 1.76. The Labute approximate surface area is 110 Å². The zero-order chi connectivity index (χ0) is 12.4. The molecule has 0 radical (unpaired) electrons. The maximum atomic E-state index is 5.25. The van der Waals surface area contributed by atoms with Gasteiger partial charge in [0.25, 0.3) is 0 Å². The molecule has 0 atom stereocenters. The van der Waals surface area contributed by atoms with E-state index in [1.54, 1.807) is 7.11 Å². The van der Waals surface area contributed by atoms with Crippen LogP contribution in [0.5, 0.6) is 0 Å². The van der Waals surface area contributed by atoms with Crippen LogP contribution in [0.4, 0.5) is 0 Å². The molecule has 2 nitrogen and oxygen atoms in total. The van der Waals surface area contributed by atoms with E-state index in [1.807, 2.05) is 0 Å². The van der Waals surface area contributed by atoms with Crippen molar-refractivity contribution in [2.24, 2.45) is 11.3 Å². The summed E-state index contributed by atoms with van der Waals surface area (Å²) in [5, 5.41) is 3.67. The Kier molecular flexibility index (Phi) is 3.40. The van der Waals surface area contributed by atoms with Crippen molar-refractivity contribution in [2.75, 3.05) is 13.7 Å². The van der Waals surface area contributed by atoms with Crippen LogP contribution in [-0.4, -0.2) is 13.7 Å². The lowest BCUT2D eigenvalue weighted by atomic mass is 10.0. The number of hydrogen-bond donors (Lipinski definition) is 1. The third-order valence-corrected chi connectivity index (χ3v) is 4.55. The van der Waals surface area contributed by atoms with Gasteiger partial charge in [-0.1, -0.05) is 24.3 Å². The molecule has 2 fully saturated rings. The summed E-state index contributed by atoms with van der Waals surface area (Å²) in [5.74, 6) is 1.04. The predicted octanol–water partition coefficient (Wildman–Crippen LogP) is 3.11. The summed E-state index contributed by atoms with van der Waals surface area (Å²) in [5.41, 5.74) is 3.38. The molecular weight excluding hydrogens is 222 g/mol. The Morgan fingerprint density at radius 2 is 1.94 bits per heavy atom. The second-order valence-electron chi connectivity index (χ2n) is 5.94. The van der Waals surface area contributed by atoms with E-state index in [9.17, 15) is 0 Å². The largest absolute Gasteiger partial charge is 0.380 e. The van der Waals surface area contributed by atoms with Crippen LogP contribution in [0.25, 0.3) is 0 Å². The fraction of sp³-hybridized carbons (Fsp3) is 0.625. The second kappa shape index (κ2) is 5.02. The van der Waals surface area contributed by atoms with E-state index >= 15 is 0 Å². The van der Waals surface area contributed by atoms with Crippen molar-refractivity contribution in [1.29, 1.82) is 0 Å². The number of ether oxygens (including phenoxy) is 1. The van der Waals surface area contributed by atoms with Crippen molar-refractivity contribution >= 4 is 0 Å². The Hall–Kier alpha value is -0.860. The van der Waals surface area contributed by atoms with Gasteiger partial charge in [0.2, 0.25) is 0 Å². The molecule has 2 aliphatic carbocycles. The maximum absolute atomic E-state index is 5.25. The van der Waals surface area contributed by atoms with Gasteiger partial charge >= 0.3 is 0 Å². The molecule has 98 valence electrons. The molecule has 3 rings (SSSR count). The third-order valence-electron chi connectivity index (χ3n) is 4.55. The monoisotopic (exact) mass is 245 g/mol. The first-order chi connectivity index (χ1) is 8.84. The van der Waals surface area contributed by atoms with Gasteiger partial charge in [-0.2, -0.15) is 0 Å². The van der Waals surface area contributed by atoms with Crippen LogP contribution in [-0.2, 0) is 17.9 Å². The van der Waals surface area contributed by atoms with Gasteiger partial charge in [0.15, 0.2) is 0 Å². The topological polar surface area (TPSA) is 21.3 Å². The quantitative estimate of drug-likeness (QED) is 0.797. The first-order valence-electron chi connectivity index (χ1n) is 7.10. The highest BCUT2D eigenvalue weighted by molar-refractivity contribution is 5.26. The molecule has 0 bridgehead atoms. The molecule has 0 spiro atoms. The minimum absolute atomic E-state index is 0.691. The number of methoxy groups -OCH3 is 1. The highest BCUT2D eigenvalue weighted by atomic mass is 16.5. The molecule has 2 saturated carbocycles. The van der Waals surface area contributed by atoms with E-state index in [4.69, 9.17) is 4.74 Å². The SMILES string of the molecule is COCc1ccccc1CNCC1(C2CC2)CC1. The van der Waals surface area contributed by atoms with E-state index in [-0.39, 0.29) is 0 Å². The van der Waals surface area contributed by atoms with Crippen LogP contribution < -0.4 is 5.32 Å². The Balaban J connectivity index is 1.53. The number of hydrogen-bond acceptors (Lipinski definition) is 2. The van der Waals surface area contributed by atoms with E-state index in [2.05, 4.69) is 29.6 Å². The number of rotatable bonds is 7. The van der Waals surface area contributed by atoms with Crippen LogP contribution in [0.3, 0.4) is 0 Å². The van der Waals surface area contributed by atoms with Crippen molar-refractivity contribution < 1.29 is 4.74 Å². The van der Waals surface area contributed by atoms with Gasteiger partial charge in [-0.3, -0.25) is 0 Å². The number of nitrogens with one attached hydrogen (secondary N) is 1. The first-order valence-corrected chi connectivity index (χ1v) is 7.10. The molecule has 1 aromatic carbocycles. The Morgan fingerprint density at radius 3 is 2.56 bits per heavy atom. The molecule has 1 N–H and O–H groups in total. The van der Waals surface area contributed by atoms with Crippen LogP contribution >= 0.6 is 0 Å². The smallest absolute Gasteiger partial charge is 0.0716 e. The average Bonchev–Trinajstić information content (AvgIpc) is 3.26. The van der Waals surface area contributed by atoms with Crippen molar-refractivity contribution in [3.05, 3.63) is 35.4 Å². The zero-order valence-electron chi connectivity index (χ0n) is 11.2. The minimum Gasteiger partial charge on any atom is -0.380 e. The van der Waals surface area contributed by atoms with Crippen LogP contribution in [0.2, 0.25) is 0 Å². The van der Waals surface area contributed by atoms with Crippen LogP contribution in [0.1, 0.15) is 36.8 Å². The van der Waals surface area contributed by atoms with Gasteiger partial charge < -0.3 is 10.1 Å². The Morgan fingerprint density at radius 1 is 1.22 bits per heavy atom. The summed E-state index contributed by atoms with van der Waals surface area (Å²) in [6.45, 7) is 2.90. The minimum atomic E-state index is 0.691. The molecule has 0 saturated heterocycles. The van der Waals surface area contributed by atoms with Gasteiger partial charge in [0, 0.05) is 20.2 Å². The van der Waals surface area contributed by atoms with Crippen LogP contribution in [0, 0.1) is 11.3 Å². The lowest BCUT2D eigenvalue weighted by Crippen LogP contribution is -2.25. The molecule has 18 heavy (non-hydrogen) atoms. The van der Waals surface area contributed by atoms with Crippen molar-refractivity contribution in [3.8, 4) is 0 Å². The fourth-order valence-electron chi connectivity index (χ4n) is 3.06. The van der Waals surface area contributed by atoms with Crippen molar-refractivity contribution in [1.82, 2.24) is 5.32 Å². The molecule has 0 heterocycles.